The summed E-state index contributed by atoms with van der Waals surface area (Å²) < 4.78 is 15.4. The zero-order valence-electron chi connectivity index (χ0n) is 9.38. The van der Waals surface area contributed by atoms with Gasteiger partial charge in [-0.1, -0.05) is 0 Å². The average Bonchev–Trinajstić information content (AvgIpc) is 2.55. The van der Waals surface area contributed by atoms with Crippen LogP contribution in [-0.4, -0.2) is 23.2 Å². The number of rotatable bonds is 2. The van der Waals surface area contributed by atoms with E-state index >= 15 is 0 Å². The van der Waals surface area contributed by atoms with E-state index < -0.39 is 24.3 Å². The third-order valence-electron chi connectivity index (χ3n) is 2.19. The molecule has 1 aromatic rings. The van der Waals surface area contributed by atoms with Gasteiger partial charge < -0.3 is 14.2 Å². The van der Waals surface area contributed by atoms with Crippen molar-refractivity contribution in [2.24, 2.45) is 0 Å². The molecule has 0 radical (unpaired) electrons. The fraction of sp³-hybridized carbons (Fsp3) is 0.364. The van der Waals surface area contributed by atoms with Crippen LogP contribution in [0, 0.1) is 0 Å². The predicted octanol–water partition coefficient (Wildman–Crippen LogP) is 0.967. The minimum absolute atomic E-state index is 0.449. The highest BCUT2D eigenvalue weighted by atomic mass is 16.7. The summed E-state index contributed by atoms with van der Waals surface area (Å²) in [6, 6.07) is 1.66. The molecule has 0 bridgehead atoms. The van der Waals surface area contributed by atoms with E-state index in [0.29, 0.717) is 11.3 Å². The molecule has 0 saturated carbocycles. The number of hydrogen-bond acceptors (Lipinski definition) is 6. The molecular weight excluding hydrogens is 226 g/mol. The molecule has 6 nitrogen and oxygen atoms in total. The number of aromatic nitrogens is 1. The first-order valence-electron chi connectivity index (χ1n) is 5.03. The molecule has 90 valence electrons. The minimum atomic E-state index is -0.949. The van der Waals surface area contributed by atoms with Crippen LogP contribution in [-0.2, 0) is 19.1 Å². The van der Waals surface area contributed by atoms with E-state index in [9.17, 15) is 9.59 Å². The lowest BCUT2D eigenvalue weighted by Crippen LogP contribution is -2.27. The summed E-state index contributed by atoms with van der Waals surface area (Å²) >= 11 is 0. The Labute approximate surface area is 97.5 Å². The number of carbonyl (C=O) groups is 2. The molecule has 1 aromatic heterocycles. The number of esters is 2. The van der Waals surface area contributed by atoms with E-state index in [1.807, 2.05) is 0 Å². The Bertz CT molecular complexity index is 459. The molecule has 1 aliphatic heterocycles. The Kier molecular flexibility index (Phi) is 2.95. The molecule has 1 aliphatic rings. The molecule has 0 saturated heterocycles. The normalized spacial score (nSPS) is 21.3. The molecule has 2 rings (SSSR count). The van der Waals surface area contributed by atoms with Crippen molar-refractivity contribution in [3.8, 4) is 5.75 Å². The van der Waals surface area contributed by atoms with E-state index in [-0.39, 0.29) is 0 Å². The quantitative estimate of drug-likeness (QED) is 0.713. The fourth-order valence-electron chi connectivity index (χ4n) is 1.61. The van der Waals surface area contributed by atoms with E-state index in [1.54, 1.807) is 12.3 Å². The molecular formula is C11H11NO5. The lowest BCUT2D eigenvalue weighted by Gasteiger charge is -2.17. The smallest absolute Gasteiger partial charge is 0.305 e. The molecule has 0 aromatic carbocycles. The van der Waals surface area contributed by atoms with Crippen molar-refractivity contribution in [3.63, 3.8) is 0 Å². The van der Waals surface area contributed by atoms with Crippen molar-refractivity contribution in [2.75, 3.05) is 0 Å². The third-order valence-corrected chi connectivity index (χ3v) is 2.19. The molecule has 2 heterocycles. The molecule has 0 spiro atoms. The SMILES string of the molecule is CC(=O)O[C@H]1Oc2cnccc2[C@@H]1OC(C)=O. The summed E-state index contributed by atoms with van der Waals surface area (Å²) in [6.07, 6.45) is 1.34. The van der Waals surface area contributed by atoms with Crippen molar-refractivity contribution in [2.45, 2.75) is 26.2 Å². The zero-order valence-corrected chi connectivity index (χ0v) is 9.38. The van der Waals surface area contributed by atoms with Crippen LogP contribution >= 0.6 is 0 Å². The lowest BCUT2D eigenvalue weighted by atomic mass is 10.1. The topological polar surface area (TPSA) is 74.7 Å². The zero-order chi connectivity index (χ0) is 12.4. The maximum atomic E-state index is 11.0. The monoisotopic (exact) mass is 237 g/mol. The Morgan fingerprint density at radius 3 is 2.65 bits per heavy atom. The maximum absolute atomic E-state index is 11.0. The standard InChI is InChI=1S/C11H11NO5/c1-6(13)15-10-8-3-4-12-5-9(8)17-11(10)16-7(2)14/h3-5,10-11H,1-2H3/t10-,11-/m0/s1. The Balaban J connectivity index is 2.26. The number of ether oxygens (including phenoxy) is 3. The van der Waals surface area contributed by atoms with Crippen LogP contribution < -0.4 is 4.74 Å². The Morgan fingerprint density at radius 1 is 1.29 bits per heavy atom. The lowest BCUT2D eigenvalue weighted by molar-refractivity contribution is -0.184. The summed E-state index contributed by atoms with van der Waals surface area (Å²) in [5.74, 6) is -0.529. The van der Waals surface area contributed by atoms with Crippen molar-refractivity contribution in [3.05, 3.63) is 24.0 Å². The molecule has 6 heteroatoms. The van der Waals surface area contributed by atoms with Gasteiger partial charge in [-0.15, -0.1) is 0 Å². The van der Waals surface area contributed by atoms with Gasteiger partial charge in [0.2, 0.25) is 6.10 Å². The summed E-state index contributed by atoms with van der Waals surface area (Å²) in [4.78, 5) is 25.8. The molecule has 0 N–H and O–H groups in total. The van der Waals surface area contributed by atoms with E-state index in [4.69, 9.17) is 14.2 Å². The first-order chi connectivity index (χ1) is 8.08. The minimum Gasteiger partial charge on any atom is -0.449 e. The van der Waals surface area contributed by atoms with Gasteiger partial charge >= 0.3 is 11.9 Å². The fourth-order valence-corrected chi connectivity index (χ4v) is 1.61. The number of nitrogens with zero attached hydrogens (tertiary/aromatic N) is 1. The van der Waals surface area contributed by atoms with Gasteiger partial charge in [-0.3, -0.25) is 14.6 Å². The van der Waals surface area contributed by atoms with E-state index in [1.165, 1.54) is 20.0 Å². The number of pyridine rings is 1. The van der Waals surface area contributed by atoms with E-state index in [0.717, 1.165) is 0 Å². The molecule has 0 amide bonds. The Morgan fingerprint density at radius 2 is 2.00 bits per heavy atom. The molecule has 0 unspecified atom stereocenters. The van der Waals surface area contributed by atoms with Gasteiger partial charge in [0.1, 0.15) is 5.75 Å². The second-order valence-corrected chi connectivity index (χ2v) is 3.54. The molecule has 0 fully saturated rings. The maximum Gasteiger partial charge on any atom is 0.305 e. The van der Waals surface area contributed by atoms with Crippen molar-refractivity contribution >= 4 is 11.9 Å². The van der Waals surface area contributed by atoms with Gasteiger partial charge in [0.25, 0.3) is 6.29 Å². The highest BCUT2D eigenvalue weighted by Crippen LogP contribution is 2.38. The second kappa shape index (κ2) is 4.40. The molecule has 17 heavy (non-hydrogen) atoms. The largest absolute Gasteiger partial charge is 0.449 e. The van der Waals surface area contributed by atoms with Crippen LogP contribution in [0.2, 0.25) is 0 Å². The summed E-state index contributed by atoms with van der Waals surface area (Å²) in [5.41, 5.74) is 0.640. The van der Waals surface area contributed by atoms with Crippen molar-refractivity contribution in [1.29, 1.82) is 0 Å². The average molecular weight is 237 g/mol. The second-order valence-electron chi connectivity index (χ2n) is 3.54. The first-order valence-corrected chi connectivity index (χ1v) is 5.03. The third kappa shape index (κ3) is 2.35. The van der Waals surface area contributed by atoms with E-state index in [2.05, 4.69) is 4.98 Å². The summed E-state index contributed by atoms with van der Waals surface area (Å²) in [6.45, 7) is 2.54. The highest BCUT2D eigenvalue weighted by molar-refractivity contribution is 5.68. The number of hydrogen-bond donors (Lipinski definition) is 0. The highest BCUT2D eigenvalue weighted by Gasteiger charge is 2.39. The first kappa shape index (κ1) is 11.4. The van der Waals surface area contributed by atoms with Gasteiger partial charge in [-0.25, -0.2) is 0 Å². The van der Waals surface area contributed by atoms with Crippen molar-refractivity contribution in [1.82, 2.24) is 4.98 Å². The van der Waals surface area contributed by atoms with Gasteiger partial charge in [0, 0.05) is 25.6 Å². The van der Waals surface area contributed by atoms with Gasteiger partial charge in [-0.2, -0.15) is 0 Å². The molecule has 0 aliphatic carbocycles. The predicted molar refractivity (Wildman–Crippen MR) is 54.9 cm³/mol. The van der Waals surface area contributed by atoms with Gasteiger partial charge in [-0.05, 0) is 6.07 Å². The van der Waals surface area contributed by atoms with Gasteiger partial charge in [0.05, 0.1) is 6.20 Å². The summed E-state index contributed by atoms with van der Waals surface area (Å²) in [5, 5.41) is 0. The van der Waals surface area contributed by atoms with Crippen molar-refractivity contribution < 1.29 is 23.8 Å². The van der Waals surface area contributed by atoms with Crippen LogP contribution in [0.15, 0.2) is 18.5 Å². The Hall–Kier alpha value is -2.11. The number of carbonyl (C=O) groups excluding carboxylic acids is 2. The van der Waals surface area contributed by atoms with Crippen LogP contribution in [0.3, 0.4) is 0 Å². The molecule has 2 atom stereocenters. The number of fused-ring (bicyclic) bond motifs is 1. The van der Waals surface area contributed by atoms with Gasteiger partial charge in [0.15, 0.2) is 0 Å². The van der Waals surface area contributed by atoms with Crippen LogP contribution in [0.4, 0.5) is 0 Å². The van der Waals surface area contributed by atoms with Crippen LogP contribution in [0.5, 0.6) is 5.75 Å². The van der Waals surface area contributed by atoms with Crippen LogP contribution in [0.25, 0.3) is 0 Å². The summed E-state index contributed by atoms with van der Waals surface area (Å²) in [7, 11) is 0. The van der Waals surface area contributed by atoms with Crippen LogP contribution in [0.1, 0.15) is 25.5 Å².